The second-order valence-corrected chi connectivity index (χ2v) is 3.82. The smallest absolute Gasteiger partial charge is 0.345 e. The first-order chi connectivity index (χ1) is 7.02. The van der Waals surface area contributed by atoms with Gasteiger partial charge < -0.3 is 4.98 Å². The number of hydrogen-bond donors (Lipinski definition) is 1. The Morgan fingerprint density at radius 3 is 2.67 bits per heavy atom. The van der Waals surface area contributed by atoms with Gasteiger partial charge in [-0.1, -0.05) is 0 Å². The summed E-state index contributed by atoms with van der Waals surface area (Å²) in [6, 6.07) is 2.54. The van der Waals surface area contributed by atoms with Gasteiger partial charge in [-0.2, -0.15) is 13.2 Å². The van der Waals surface area contributed by atoms with E-state index in [4.69, 9.17) is 0 Å². The number of benzene rings is 1. The van der Waals surface area contributed by atoms with Crippen LogP contribution in [0.1, 0.15) is 5.56 Å². The van der Waals surface area contributed by atoms with E-state index in [2.05, 4.69) is 9.97 Å². The van der Waals surface area contributed by atoms with E-state index in [-0.39, 0.29) is 4.90 Å². The first-order valence-electron chi connectivity index (χ1n) is 4.10. The van der Waals surface area contributed by atoms with Gasteiger partial charge in [-0.05, 0) is 18.4 Å². The molecular formula is C9H7F3N2S. The van der Waals surface area contributed by atoms with Gasteiger partial charge in [-0.25, -0.2) is 4.98 Å². The first kappa shape index (κ1) is 10.4. The van der Waals surface area contributed by atoms with Crippen molar-refractivity contribution in [1.82, 2.24) is 9.97 Å². The minimum atomic E-state index is -4.33. The summed E-state index contributed by atoms with van der Waals surface area (Å²) in [5.41, 5.74) is 0.321. The number of fused-ring (bicyclic) bond motifs is 1. The van der Waals surface area contributed by atoms with Gasteiger partial charge in [-0.15, -0.1) is 11.8 Å². The largest absolute Gasteiger partial charge is 0.417 e. The fourth-order valence-corrected chi connectivity index (χ4v) is 1.98. The highest BCUT2D eigenvalue weighted by molar-refractivity contribution is 7.98. The molecule has 0 saturated carbocycles. The summed E-state index contributed by atoms with van der Waals surface area (Å²) in [6.45, 7) is 0. The Labute approximate surface area is 87.9 Å². The molecule has 15 heavy (non-hydrogen) atoms. The fourth-order valence-electron chi connectivity index (χ4n) is 1.35. The predicted molar refractivity (Wildman–Crippen MR) is 52.9 cm³/mol. The van der Waals surface area contributed by atoms with Gasteiger partial charge >= 0.3 is 6.18 Å². The van der Waals surface area contributed by atoms with Crippen LogP contribution in [-0.4, -0.2) is 16.2 Å². The summed E-state index contributed by atoms with van der Waals surface area (Å²) in [5.74, 6) is 0. The molecule has 1 heterocycles. The van der Waals surface area contributed by atoms with Gasteiger partial charge in [0.1, 0.15) is 0 Å². The zero-order valence-electron chi connectivity index (χ0n) is 7.72. The van der Waals surface area contributed by atoms with Crippen molar-refractivity contribution in [3.05, 3.63) is 24.0 Å². The second-order valence-electron chi connectivity index (χ2n) is 2.97. The molecule has 0 aliphatic rings. The molecule has 1 N–H and O–H groups in total. The van der Waals surface area contributed by atoms with Crippen molar-refractivity contribution in [2.45, 2.75) is 11.1 Å². The molecule has 0 amide bonds. The average molecular weight is 232 g/mol. The molecule has 0 aliphatic heterocycles. The number of nitrogens with one attached hydrogen (secondary N) is 1. The number of imidazole rings is 1. The van der Waals surface area contributed by atoms with Gasteiger partial charge in [0.15, 0.2) is 0 Å². The zero-order chi connectivity index (χ0) is 11.1. The predicted octanol–water partition coefficient (Wildman–Crippen LogP) is 3.30. The Morgan fingerprint density at radius 1 is 1.33 bits per heavy atom. The number of thioether (sulfide) groups is 1. The zero-order valence-corrected chi connectivity index (χ0v) is 8.54. The van der Waals surface area contributed by atoms with Crippen LogP contribution in [0, 0.1) is 0 Å². The van der Waals surface area contributed by atoms with Crippen LogP contribution in [0.5, 0.6) is 0 Å². The fraction of sp³-hybridized carbons (Fsp3) is 0.222. The minimum Gasteiger partial charge on any atom is -0.345 e. The molecule has 2 nitrogen and oxygen atoms in total. The van der Waals surface area contributed by atoms with E-state index in [1.54, 1.807) is 6.26 Å². The van der Waals surface area contributed by atoms with Gasteiger partial charge in [0.2, 0.25) is 0 Å². The van der Waals surface area contributed by atoms with Gasteiger partial charge in [0.25, 0.3) is 0 Å². The van der Waals surface area contributed by atoms with Crippen molar-refractivity contribution >= 4 is 22.8 Å². The Balaban J connectivity index is 2.70. The van der Waals surface area contributed by atoms with Crippen molar-refractivity contribution in [3.63, 3.8) is 0 Å². The van der Waals surface area contributed by atoms with Crippen LogP contribution in [-0.2, 0) is 6.18 Å². The monoisotopic (exact) mass is 232 g/mol. The van der Waals surface area contributed by atoms with Crippen molar-refractivity contribution in [3.8, 4) is 0 Å². The maximum atomic E-state index is 12.6. The number of H-pyrrole nitrogens is 1. The van der Waals surface area contributed by atoms with E-state index in [1.165, 1.54) is 12.4 Å². The molecule has 6 heteroatoms. The van der Waals surface area contributed by atoms with Crippen LogP contribution in [0.2, 0.25) is 0 Å². The summed E-state index contributed by atoms with van der Waals surface area (Å²) in [5, 5.41) is 0. The molecule has 80 valence electrons. The first-order valence-corrected chi connectivity index (χ1v) is 5.33. The number of rotatable bonds is 1. The topological polar surface area (TPSA) is 28.7 Å². The molecule has 0 saturated heterocycles. The number of hydrogen-bond acceptors (Lipinski definition) is 2. The van der Waals surface area contributed by atoms with Crippen LogP contribution in [0.4, 0.5) is 13.2 Å². The lowest BCUT2D eigenvalue weighted by molar-refractivity contribution is -0.139. The summed E-state index contributed by atoms with van der Waals surface area (Å²) in [6.07, 6.45) is -1.33. The molecule has 0 radical (unpaired) electrons. The van der Waals surface area contributed by atoms with E-state index in [1.807, 2.05) is 0 Å². The summed E-state index contributed by atoms with van der Waals surface area (Å²) < 4.78 is 37.9. The highest BCUT2D eigenvalue weighted by Gasteiger charge is 2.33. The molecule has 2 rings (SSSR count). The molecule has 0 aliphatic carbocycles. The molecular weight excluding hydrogens is 225 g/mol. The molecule has 1 aromatic heterocycles. The molecule has 0 unspecified atom stereocenters. The minimum absolute atomic E-state index is 0.208. The number of nitrogens with zero attached hydrogens (tertiary/aromatic N) is 1. The molecule has 0 atom stereocenters. The SMILES string of the molecule is CSc1cc2[nH]cnc2cc1C(F)(F)F. The number of halogens is 3. The quantitative estimate of drug-likeness (QED) is 0.764. The summed E-state index contributed by atoms with van der Waals surface area (Å²) in [7, 11) is 0. The maximum absolute atomic E-state index is 12.6. The lowest BCUT2D eigenvalue weighted by atomic mass is 10.2. The highest BCUT2D eigenvalue weighted by atomic mass is 32.2. The van der Waals surface area contributed by atoms with Gasteiger partial charge in [0, 0.05) is 4.90 Å². The van der Waals surface area contributed by atoms with E-state index in [9.17, 15) is 13.2 Å². The van der Waals surface area contributed by atoms with Gasteiger partial charge in [-0.3, -0.25) is 0 Å². The number of aromatic amines is 1. The van der Waals surface area contributed by atoms with Crippen molar-refractivity contribution in [1.29, 1.82) is 0 Å². The molecule has 0 spiro atoms. The normalized spacial score (nSPS) is 12.3. The molecule has 0 fully saturated rings. The Morgan fingerprint density at radius 2 is 2.07 bits per heavy atom. The molecule has 0 bridgehead atoms. The van der Waals surface area contributed by atoms with Crippen molar-refractivity contribution < 1.29 is 13.2 Å². The lowest BCUT2D eigenvalue weighted by Crippen LogP contribution is -2.06. The van der Waals surface area contributed by atoms with Crippen LogP contribution in [0.15, 0.2) is 23.4 Å². The van der Waals surface area contributed by atoms with E-state index in [0.717, 1.165) is 17.8 Å². The van der Waals surface area contributed by atoms with E-state index >= 15 is 0 Å². The third-order valence-electron chi connectivity index (χ3n) is 2.05. The van der Waals surface area contributed by atoms with Crippen LogP contribution in [0.3, 0.4) is 0 Å². The van der Waals surface area contributed by atoms with E-state index < -0.39 is 11.7 Å². The number of aromatic nitrogens is 2. The Bertz CT molecular complexity index is 490. The molecule has 2 aromatic rings. The number of alkyl halides is 3. The maximum Gasteiger partial charge on any atom is 0.417 e. The third kappa shape index (κ3) is 1.81. The lowest BCUT2D eigenvalue weighted by Gasteiger charge is -2.10. The summed E-state index contributed by atoms with van der Waals surface area (Å²) in [4.78, 5) is 6.79. The molecule has 1 aromatic carbocycles. The van der Waals surface area contributed by atoms with Crippen molar-refractivity contribution in [2.24, 2.45) is 0 Å². The summed E-state index contributed by atoms with van der Waals surface area (Å²) >= 11 is 1.07. The second kappa shape index (κ2) is 3.44. The Kier molecular flexibility index (Phi) is 2.38. The Hall–Kier alpha value is -1.17. The van der Waals surface area contributed by atoms with Crippen LogP contribution in [0.25, 0.3) is 11.0 Å². The van der Waals surface area contributed by atoms with E-state index in [0.29, 0.717) is 11.0 Å². The standard InChI is InChI=1S/C9H7F3N2S/c1-15-8-3-7-6(13-4-14-7)2-5(8)9(10,11)12/h2-4H,1H3,(H,13,14). The van der Waals surface area contributed by atoms with Crippen molar-refractivity contribution in [2.75, 3.05) is 6.26 Å². The average Bonchev–Trinajstić information content (AvgIpc) is 2.60. The highest BCUT2D eigenvalue weighted by Crippen LogP contribution is 2.37. The third-order valence-corrected chi connectivity index (χ3v) is 2.82. The van der Waals surface area contributed by atoms with Gasteiger partial charge in [0.05, 0.1) is 22.9 Å². The van der Waals surface area contributed by atoms with Crippen LogP contribution < -0.4 is 0 Å². The van der Waals surface area contributed by atoms with Crippen LogP contribution >= 0.6 is 11.8 Å².